The van der Waals surface area contributed by atoms with Gasteiger partial charge in [-0.1, -0.05) is 6.07 Å². The van der Waals surface area contributed by atoms with Crippen molar-refractivity contribution in [3.8, 4) is 0 Å². The van der Waals surface area contributed by atoms with Crippen LogP contribution in [0.4, 0.5) is 0 Å². The van der Waals surface area contributed by atoms with Gasteiger partial charge in [0.05, 0.1) is 21.3 Å². The topological polar surface area (TPSA) is 50.2 Å². The van der Waals surface area contributed by atoms with E-state index >= 15 is 0 Å². The van der Waals surface area contributed by atoms with E-state index in [1.165, 1.54) is 11.3 Å². The van der Waals surface area contributed by atoms with E-state index in [-0.39, 0.29) is 5.56 Å². The molecule has 0 unspecified atom stereocenters. The Morgan fingerprint density at radius 1 is 1.67 bits per heavy atom. The number of thiazole rings is 1. The molecule has 0 aliphatic carbocycles. The smallest absolute Gasteiger partial charge is 0.338 e. The molecule has 0 aliphatic heterocycles. The van der Waals surface area contributed by atoms with E-state index in [2.05, 4.69) is 11.1 Å². The van der Waals surface area contributed by atoms with Gasteiger partial charge < -0.3 is 5.11 Å². The van der Waals surface area contributed by atoms with E-state index in [1.54, 1.807) is 17.6 Å². The molecule has 1 heterocycles. The summed E-state index contributed by atoms with van der Waals surface area (Å²) < 4.78 is 0.881. The van der Waals surface area contributed by atoms with Crippen LogP contribution in [0.3, 0.4) is 0 Å². The molecule has 4 heteroatoms. The largest absolute Gasteiger partial charge is 0.478 e. The van der Waals surface area contributed by atoms with Gasteiger partial charge in [0.15, 0.2) is 0 Å². The molecule has 0 bridgehead atoms. The molecule has 1 aromatic carbocycles. The first-order valence-electron chi connectivity index (χ1n) is 3.26. The number of hydrogen-bond donors (Lipinski definition) is 1. The first kappa shape index (κ1) is 7.24. The molecule has 0 saturated heterocycles. The minimum Gasteiger partial charge on any atom is -0.478 e. The van der Waals surface area contributed by atoms with Crippen LogP contribution in [0.1, 0.15) is 10.4 Å². The summed E-state index contributed by atoms with van der Waals surface area (Å²) in [6.07, 6.45) is 0. The number of fused-ring (bicyclic) bond motifs is 1. The van der Waals surface area contributed by atoms with Gasteiger partial charge in [-0.3, -0.25) is 0 Å². The van der Waals surface area contributed by atoms with Crippen molar-refractivity contribution in [2.75, 3.05) is 0 Å². The normalized spacial score (nSPS) is 10.3. The molecule has 1 N–H and O–H groups in total. The van der Waals surface area contributed by atoms with Crippen molar-refractivity contribution in [2.24, 2.45) is 0 Å². The van der Waals surface area contributed by atoms with Gasteiger partial charge in [0.25, 0.3) is 0 Å². The predicted molar refractivity (Wildman–Crippen MR) is 45.4 cm³/mol. The highest BCUT2D eigenvalue weighted by Gasteiger charge is 2.09. The Hall–Kier alpha value is -1.42. The molecule has 3 nitrogen and oxygen atoms in total. The van der Waals surface area contributed by atoms with Crippen molar-refractivity contribution in [3.05, 3.63) is 29.3 Å². The van der Waals surface area contributed by atoms with E-state index in [1.807, 2.05) is 0 Å². The minimum absolute atomic E-state index is 0.147. The average molecular weight is 178 g/mol. The van der Waals surface area contributed by atoms with Crippen LogP contribution in [0, 0.1) is 6.07 Å². The SMILES string of the molecule is O=C(O)c1[c]ccc2scnc12. The van der Waals surface area contributed by atoms with E-state index in [0.29, 0.717) is 5.52 Å². The van der Waals surface area contributed by atoms with Gasteiger partial charge in [0.2, 0.25) is 0 Å². The summed E-state index contributed by atoms with van der Waals surface area (Å²) in [6, 6.07) is 6.05. The fraction of sp³-hybridized carbons (Fsp3) is 0. The Kier molecular flexibility index (Phi) is 1.55. The highest BCUT2D eigenvalue weighted by molar-refractivity contribution is 7.16. The number of benzene rings is 1. The maximum absolute atomic E-state index is 10.6. The number of rotatable bonds is 1. The second kappa shape index (κ2) is 2.57. The Labute approximate surface area is 72.3 Å². The zero-order chi connectivity index (χ0) is 8.55. The zero-order valence-electron chi connectivity index (χ0n) is 5.94. The number of hydrogen-bond acceptors (Lipinski definition) is 3. The molecule has 2 aromatic rings. The number of aromatic carboxylic acids is 1. The highest BCUT2D eigenvalue weighted by Crippen LogP contribution is 2.20. The number of nitrogens with zero attached hydrogens (tertiary/aromatic N) is 1. The fourth-order valence-electron chi connectivity index (χ4n) is 0.993. The van der Waals surface area contributed by atoms with Crippen LogP contribution in [0.25, 0.3) is 10.2 Å². The maximum Gasteiger partial charge on any atom is 0.338 e. The molecule has 1 radical (unpaired) electrons. The number of aromatic nitrogens is 1. The zero-order valence-corrected chi connectivity index (χ0v) is 6.76. The van der Waals surface area contributed by atoms with Gasteiger partial charge in [-0.25, -0.2) is 9.78 Å². The molecule has 0 amide bonds. The number of carboxylic acid groups (broad SMARTS) is 1. The fourth-order valence-corrected chi connectivity index (χ4v) is 1.68. The van der Waals surface area contributed by atoms with Gasteiger partial charge in [0.1, 0.15) is 0 Å². The predicted octanol–water partition coefficient (Wildman–Crippen LogP) is 1.79. The van der Waals surface area contributed by atoms with E-state index in [9.17, 15) is 4.79 Å². The summed E-state index contributed by atoms with van der Waals surface area (Å²) in [5, 5.41) is 8.73. The molecule has 0 spiro atoms. The van der Waals surface area contributed by atoms with Gasteiger partial charge in [0, 0.05) is 0 Å². The third-order valence-corrected chi connectivity index (χ3v) is 2.30. The number of carboxylic acids is 1. The monoisotopic (exact) mass is 178 g/mol. The Balaban J connectivity index is 2.82. The van der Waals surface area contributed by atoms with E-state index < -0.39 is 5.97 Å². The summed E-state index contributed by atoms with van der Waals surface area (Å²) in [6.45, 7) is 0. The molecule has 1 aromatic heterocycles. The summed E-state index contributed by atoms with van der Waals surface area (Å²) in [7, 11) is 0. The van der Waals surface area contributed by atoms with Crippen molar-refractivity contribution in [1.82, 2.24) is 4.98 Å². The van der Waals surface area contributed by atoms with Crippen LogP contribution >= 0.6 is 11.3 Å². The Bertz CT molecular complexity index is 435. The molecule has 12 heavy (non-hydrogen) atoms. The minimum atomic E-state index is -0.980. The van der Waals surface area contributed by atoms with Crippen LogP contribution in [0.5, 0.6) is 0 Å². The van der Waals surface area contributed by atoms with Crippen LogP contribution in [-0.2, 0) is 0 Å². The highest BCUT2D eigenvalue weighted by atomic mass is 32.1. The number of carbonyl (C=O) groups is 1. The molecular weight excluding hydrogens is 174 g/mol. The van der Waals surface area contributed by atoms with Gasteiger partial charge >= 0.3 is 5.97 Å². The first-order valence-corrected chi connectivity index (χ1v) is 4.14. The molecular formula is C8H4NO2S. The van der Waals surface area contributed by atoms with Crippen LogP contribution in [0.15, 0.2) is 17.6 Å². The van der Waals surface area contributed by atoms with Crippen LogP contribution in [-0.4, -0.2) is 16.1 Å². The van der Waals surface area contributed by atoms with Crippen molar-refractivity contribution >= 4 is 27.5 Å². The van der Waals surface area contributed by atoms with E-state index in [4.69, 9.17) is 5.11 Å². The lowest BCUT2D eigenvalue weighted by Crippen LogP contribution is -1.96. The third kappa shape index (κ3) is 0.967. The molecule has 0 atom stereocenters. The average Bonchev–Trinajstić information content (AvgIpc) is 2.49. The maximum atomic E-state index is 10.6. The summed E-state index contributed by atoms with van der Waals surface area (Å²) in [4.78, 5) is 14.6. The van der Waals surface area contributed by atoms with Crippen molar-refractivity contribution in [3.63, 3.8) is 0 Å². The summed E-state index contributed by atoms with van der Waals surface area (Å²) >= 11 is 1.42. The standard InChI is InChI=1S/C8H4NO2S/c10-8(11)5-2-1-3-6-7(5)9-4-12-6/h1,3-4H,(H,10,11). The summed E-state index contributed by atoms with van der Waals surface area (Å²) in [5.74, 6) is -0.980. The summed E-state index contributed by atoms with van der Waals surface area (Å²) in [5.41, 5.74) is 2.30. The lowest BCUT2D eigenvalue weighted by molar-refractivity contribution is 0.0698. The Morgan fingerprint density at radius 3 is 3.25 bits per heavy atom. The van der Waals surface area contributed by atoms with Crippen molar-refractivity contribution in [2.45, 2.75) is 0 Å². The van der Waals surface area contributed by atoms with Crippen LogP contribution in [0.2, 0.25) is 0 Å². The third-order valence-electron chi connectivity index (χ3n) is 1.51. The van der Waals surface area contributed by atoms with Crippen LogP contribution < -0.4 is 0 Å². The molecule has 2 rings (SSSR count). The van der Waals surface area contributed by atoms with E-state index in [0.717, 1.165) is 4.70 Å². The van der Waals surface area contributed by atoms with Gasteiger partial charge in [-0.15, -0.1) is 11.3 Å². The quantitative estimate of drug-likeness (QED) is 0.724. The lowest BCUT2D eigenvalue weighted by atomic mass is 10.2. The second-order valence-electron chi connectivity index (χ2n) is 2.22. The molecule has 0 fully saturated rings. The Morgan fingerprint density at radius 2 is 2.50 bits per heavy atom. The molecule has 59 valence electrons. The second-order valence-corrected chi connectivity index (χ2v) is 3.11. The molecule has 0 saturated carbocycles. The van der Waals surface area contributed by atoms with Crippen molar-refractivity contribution in [1.29, 1.82) is 0 Å². The lowest BCUT2D eigenvalue weighted by Gasteiger charge is -1.92. The van der Waals surface area contributed by atoms with Gasteiger partial charge in [-0.2, -0.15) is 0 Å². The van der Waals surface area contributed by atoms with Crippen molar-refractivity contribution < 1.29 is 9.90 Å². The first-order chi connectivity index (χ1) is 5.79. The van der Waals surface area contributed by atoms with Gasteiger partial charge in [-0.05, 0) is 12.1 Å². The molecule has 0 aliphatic rings.